The summed E-state index contributed by atoms with van der Waals surface area (Å²) in [6, 6.07) is 15.9. The number of nitro benzene ring substituents is 1. The quantitative estimate of drug-likeness (QED) is 0.531. The summed E-state index contributed by atoms with van der Waals surface area (Å²) in [5.41, 5.74) is 1.72. The maximum Gasteiger partial charge on any atom is 0.269 e. The minimum absolute atomic E-state index is 0.0253. The van der Waals surface area contributed by atoms with Gasteiger partial charge in [-0.1, -0.05) is 18.2 Å². The van der Waals surface area contributed by atoms with Crippen molar-refractivity contribution >= 4 is 11.4 Å². The van der Waals surface area contributed by atoms with Crippen LogP contribution in [0.1, 0.15) is 5.89 Å². The number of non-ortho nitro benzene ring substituents is 1. The van der Waals surface area contributed by atoms with Gasteiger partial charge in [0, 0.05) is 30.4 Å². The predicted octanol–water partition coefficient (Wildman–Crippen LogP) is 3.28. The Balaban J connectivity index is 1.74. The minimum atomic E-state index is -0.447. The molecule has 1 aromatic heterocycles. The first-order valence-corrected chi connectivity index (χ1v) is 6.97. The molecular formula is C16H14N4O3. The highest BCUT2D eigenvalue weighted by atomic mass is 16.6. The number of aromatic nitrogens is 2. The van der Waals surface area contributed by atoms with Crippen molar-refractivity contribution in [1.82, 2.24) is 10.2 Å². The first kappa shape index (κ1) is 14.7. The summed E-state index contributed by atoms with van der Waals surface area (Å²) < 4.78 is 5.63. The summed E-state index contributed by atoms with van der Waals surface area (Å²) >= 11 is 0. The summed E-state index contributed by atoms with van der Waals surface area (Å²) in [4.78, 5) is 12.2. The van der Waals surface area contributed by atoms with E-state index >= 15 is 0 Å². The summed E-state index contributed by atoms with van der Waals surface area (Å²) in [6.45, 7) is 0.476. The number of hydrogen-bond donors (Lipinski definition) is 0. The fourth-order valence-electron chi connectivity index (χ4n) is 2.14. The molecule has 0 saturated carbocycles. The van der Waals surface area contributed by atoms with Gasteiger partial charge in [0.15, 0.2) is 0 Å². The van der Waals surface area contributed by atoms with E-state index in [-0.39, 0.29) is 5.69 Å². The largest absolute Gasteiger partial charge is 0.419 e. The summed E-state index contributed by atoms with van der Waals surface area (Å²) in [6.07, 6.45) is 0. The molecule has 116 valence electrons. The van der Waals surface area contributed by atoms with E-state index in [4.69, 9.17) is 4.42 Å². The van der Waals surface area contributed by atoms with Crippen LogP contribution in [0.15, 0.2) is 59.0 Å². The van der Waals surface area contributed by atoms with Gasteiger partial charge in [-0.2, -0.15) is 0 Å². The van der Waals surface area contributed by atoms with Crippen LogP contribution in [-0.2, 0) is 6.54 Å². The lowest BCUT2D eigenvalue weighted by Crippen LogP contribution is -2.16. The SMILES string of the molecule is CN(Cc1nnc(-c2ccc([N+](=O)[O-])cc2)o1)c1ccccc1. The number of benzene rings is 2. The van der Waals surface area contributed by atoms with E-state index in [0.717, 1.165) is 5.69 Å². The van der Waals surface area contributed by atoms with E-state index in [1.54, 1.807) is 12.1 Å². The van der Waals surface area contributed by atoms with E-state index in [0.29, 0.717) is 23.9 Å². The molecule has 0 aliphatic rings. The van der Waals surface area contributed by atoms with E-state index in [1.807, 2.05) is 42.3 Å². The highest BCUT2D eigenvalue weighted by molar-refractivity contribution is 5.55. The van der Waals surface area contributed by atoms with Gasteiger partial charge in [0.25, 0.3) is 5.69 Å². The predicted molar refractivity (Wildman–Crippen MR) is 84.9 cm³/mol. The molecule has 1 heterocycles. The molecule has 7 nitrogen and oxygen atoms in total. The van der Waals surface area contributed by atoms with E-state index < -0.39 is 4.92 Å². The molecule has 0 fully saturated rings. The molecule has 0 unspecified atom stereocenters. The van der Waals surface area contributed by atoms with Gasteiger partial charge in [-0.05, 0) is 24.3 Å². The fourth-order valence-corrected chi connectivity index (χ4v) is 2.14. The zero-order valence-corrected chi connectivity index (χ0v) is 12.4. The molecule has 0 bridgehead atoms. The average Bonchev–Trinajstić information content (AvgIpc) is 3.04. The Labute approximate surface area is 132 Å². The standard InChI is InChI=1S/C16H14N4O3/c1-19(13-5-3-2-4-6-13)11-15-17-18-16(23-15)12-7-9-14(10-8-12)20(21)22/h2-10H,11H2,1H3. The van der Waals surface area contributed by atoms with Crippen LogP contribution in [0.3, 0.4) is 0 Å². The first-order chi connectivity index (χ1) is 11.1. The van der Waals surface area contributed by atoms with Crippen LogP contribution in [-0.4, -0.2) is 22.2 Å². The van der Waals surface area contributed by atoms with Crippen molar-refractivity contribution in [2.45, 2.75) is 6.54 Å². The number of anilines is 1. The molecule has 0 radical (unpaired) electrons. The monoisotopic (exact) mass is 310 g/mol. The van der Waals surface area contributed by atoms with Crippen LogP contribution in [0.2, 0.25) is 0 Å². The lowest BCUT2D eigenvalue weighted by molar-refractivity contribution is -0.384. The molecule has 3 rings (SSSR count). The van der Waals surface area contributed by atoms with Gasteiger partial charge in [-0.25, -0.2) is 0 Å². The second kappa shape index (κ2) is 6.27. The number of rotatable bonds is 5. The number of nitrogens with zero attached hydrogens (tertiary/aromatic N) is 4. The lowest BCUT2D eigenvalue weighted by atomic mass is 10.2. The van der Waals surface area contributed by atoms with Gasteiger partial charge in [-0.15, -0.1) is 10.2 Å². The molecule has 0 N–H and O–H groups in total. The van der Waals surface area contributed by atoms with Crippen molar-refractivity contribution in [2.24, 2.45) is 0 Å². The Hall–Kier alpha value is -3.22. The van der Waals surface area contributed by atoms with Crippen molar-refractivity contribution < 1.29 is 9.34 Å². The van der Waals surface area contributed by atoms with Gasteiger partial charge in [-0.3, -0.25) is 10.1 Å². The van der Waals surface area contributed by atoms with Gasteiger partial charge in [0.2, 0.25) is 11.8 Å². The number of para-hydroxylation sites is 1. The zero-order valence-electron chi connectivity index (χ0n) is 12.4. The molecule has 0 aliphatic carbocycles. The molecule has 7 heteroatoms. The maximum atomic E-state index is 10.7. The third-order valence-corrected chi connectivity index (χ3v) is 3.36. The summed E-state index contributed by atoms with van der Waals surface area (Å²) in [5, 5.41) is 18.7. The topological polar surface area (TPSA) is 85.3 Å². The Morgan fingerprint density at radius 1 is 1.09 bits per heavy atom. The van der Waals surface area contributed by atoms with Crippen molar-refractivity contribution in [1.29, 1.82) is 0 Å². The van der Waals surface area contributed by atoms with Crippen molar-refractivity contribution in [2.75, 3.05) is 11.9 Å². The molecule has 0 aliphatic heterocycles. The van der Waals surface area contributed by atoms with E-state index in [9.17, 15) is 10.1 Å². The Kier molecular flexibility index (Phi) is 4.01. The van der Waals surface area contributed by atoms with Crippen molar-refractivity contribution in [3.05, 3.63) is 70.6 Å². The average molecular weight is 310 g/mol. The highest BCUT2D eigenvalue weighted by Gasteiger charge is 2.12. The lowest BCUT2D eigenvalue weighted by Gasteiger charge is -2.16. The molecule has 0 spiro atoms. The molecular weight excluding hydrogens is 296 g/mol. The second-order valence-corrected chi connectivity index (χ2v) is 5.00. The molecule has 0 atom stereocenters. The normalized spacial score (nSPS) is 10.5. The molecule has 2 aromatic carbocycles. The van der Waals surface area contributed by atoms with Gasteiger partial charge >= 0.3 is 0 Å². The highest BCUT2D eigenvalue weighted by Crippen LogP contribution is 2.22. The zero-order chi connectivity index (χ0) is 16.2. The number of nitro groups is 1. The van der Waals surface area contributed by atoms with Crippen LogP contribution >= 0.6 is 0 Å². The summed E-state index contributed by atoms with van der Waals surface area (Å²) in [7, 11) is 1.94. The van der Waals surface area contributed by atoms with Crippen LogP contribution in [0, 0.1) is 10.1 Å². The summed E-state index contributed by atoms with van der Waals surface area (Å²) in [5.74, 6) is 0.820. The van der Waals surface area contributed by atoms with Crippen molar-refractivity contribution in [3.63, 3.8) is 0 Å². The molecule has 0 amide bonds. The second-order valence-electron chi connectivity index (χ2n) is 5.00. The van der Waals surface area contributed by atoms with E-state index in [1.165, 1.54) is 12.1 Å². The van der Waals surface area contributed by atoms with Gasteiger partial charge in [0.05, 0.1) is 11.5 Å². The maximum absolute atomic E-state index is 10.7. The Morgan fingerprint density at radius 3 is 2.43 bits per heavy atom. The molecule has 3 aromatic rings. The van der Waals surface area contributed by atoms with Crippen molar-refractivity contribution in [3.8, 4) is 11.5 Å². The smallest absolute Gasteiger partial charge is 0.269 e. The van der Waals surface area contributed by atoms with Gasteiger partial charge in [0.1, 0.15) is 0 Å². The van der Waals surface area contributed by atoms with Crippen LogP contribution in [0.5, 0.6) is 0 Å². The third-order valence-electron chi connectivity index (χ3n) is 3.36. The first-order valence-electron chi connectivity index (χ1n) is 6.97. The molecule has 23 heavy (non-hydrogen) atoms. The van der Waals surface area contributed by atoms with Crippen LogP contribution in [0.25, 0.3) is 11.5 Å². The van der Waals surface area contributed by atoms with Crippen LogP contribution in [0.4, 0.5) is 11.4 Å². The van der Waals surface area contributed by atoms with Gasteiger partial charge < -0.3 is 9.32 Å². The third kappa shape index (κ3) is 3.34. The Bertz CT molecular complexity index is 800. The Morgan fingerprint density at radius 2 is 1.78 bits per heavy atom. The minimum Gasteiger partial charge on any atom is -0.419 e. The van der Waals surface area contributed by atoms with E-state index in [2.05, 4.69) is 10.2 Å². The molecule has 0 saturated heterocycles. The fraction of sp³-hybridized carbons (Fsp3) is 0.125. The van der Waals surface area contributed by atoms with Crippen LogP contribution < -0.4 is 4.90 Å². The number of hydrogen-bond acceptors (Lipinski definition) is 6.